The first-order valence-electron chi connectivity index (χ1n) is 14.9. The summed E-state index contributed by atoms with van der Waals surface area (Å²) in [4.78, 5) is 15.1. The van der Waals surface area contributed by atoms with Crippen LogP contribution in [0, 0.1) is 0 Å². The van der Waals surface area contributed by atoms with Crippen LogP contribution in [-0.2, 0) is 20.8 Å². The fourth-order valence-electron chi connectivity index (χ4n) is 5.35. The van der Waals surface area contributed by atoms with E-state index in [0.717, 1.165) is 61.7 Å². The van der Waals surface area contributed by atoms with Crippen LogP contribution in [0.5, 0.6) is 11.5 Å². The molecule has 2 heterocycles. The summed E-state index contributed by atoms with van der Waals surface area (Å²) in [5, 5.41) is 15.2. The number of hydrogen-bond acceptors (Lipinski definition) is 7. The van der Waals surface area contributed by atoms with Crippen molar-refractivity contribution >= 4 is 17.4 Å². The highest BCUT2D eigenvalue weighted by Gasteiger charge is 2.33. The third kappa shape index (κ3) is 8.02. The van der Waals surface area contributed by atoms with E-state index in [2.05, 4.69) is 15.5 Å². The first-order chi connectivity index (χ1) is 21.6. The Kier molecular flexibility index (Phi) is 9.81. The summed E-state index contributed by atoms with van der Waals surface area (Å²) >= 11 is 0. The monoisotopic (exact) mass is 595 g/mol. The van der Waals surface area contributed by atoms with Crippen molar-refractivity contribution in [2.45, 2.75) is 31.5 Å². The summed E-state index contributed by atoms with van der Waals surface area (Å²) in [5.41, 5.74) is 4.08. The lowest BCUT2D eigenvalue weighted by Gasteiger charge is -2.39. The minimum absolute atomic E-state index is 0.00555. The van der Waals surface area contributed by atoms with Gasteiger partial charge in [-0.2, -0.15) is 0 Å². The molecule has 44 heavy (non-hydrogen) atoms. The van der Waals surface area contributed by atoms with Crippen molar-refractivity contribution in [3.05, 3.63) is 120 Å². The van der Waals surface area contributed by atoms with E-state index in [-0.39, 0.29) is 24.8 Å². The standard InChI is InChI=1S/C35H37N3O6/c39-24-25-6-8-26(9-7-25)33-22-32(23-38-18-20-41-21-19-38)43-34(44-33)27-10-12-28(13-11-27)36-35(40)37-29-14-16-31(17-15-29)42-30-4-2-1-3-5-30/h1-17,32-34,39H,18-24H2,(H2,36,37,40)/t32-,33+,34+/m1/s1. The van der Waals surface area contributed by atoms with E-state index in [1.807, 2.05) is 91.0 Å². The van der Waals surface area contributed by atoms with Crippen molar-refractivity contribution in [1.82, 2.24) is 4.90 Å². The van der Waals surface area contributed by atoms with Crippen LogP contribution in [0.3, 0.4) is 0 Å². The Hall–Kier alpha value is -4.25. The molecular formula is C35H37N3O6. The molecule has 6 rings (SSSR count). The van der Waals surface area contributed by atoms with E-state index in [1.54, 1.807) is 12.1 Å². The van der Waals surface area contributed by atoms with Crippen LogP contribution in [0.15, 0.2) is 103 Å². The Bertz CT molecular complexity index is 1480. The van der Waals surface area contributed by atoms with Crippen molar-refractivity contribution < 1.29 is 28.8 Å². The molecule has 2 saturated heterocycles. The van der Waals surface area contributed by atoms with E-state index in [9.17, 15) is 9.90 Å². The molecule has 0 aliphatic carbocycles. The van der Waals surface area contributed by atoms with Gasteiger partial charge in [0, 0.05) is 43.0 Å². The first kappa shape index (κ1) is 29.8. The number of amides is 2. The third-order valence-corrected chi connectivity index (χ3v) is 7.71. The number of hydrogen-bond donors (Lipinski definition) is 3. The molecular weight excluding hydrogens is 558 g/mol. The van der Waals surface area contributed by atoms with Crippen LogP contribution >= 0.6 is 0 Å². The van der Waals surface area contributed by atoms with Crippen LogP contribution in [-0.4, -0.2) is 55.0 Å². The Labute approximate surface area is 257 Å². The molecule has 0 radical (unpaired) electrons. The molecule has 228 valence electrons. The smallest absolute Gasteiger partial charge is 0.323 e. The lowest BCUT2D eigenvalue weighted by atomic mass is 9.99. The minimum atomic E-state index is -0.559. The number of ether oxygens (including phenoxy) is 4. The van der Waals surface area contributed by atoms with Gasteiger partial charge in [-0.25, -0.2) is 4.79 Å². The zero-order valence-electron chi connectivity index (χ0n) is 24.4. The van der Waals surface area contributed by atoms with Crippen LogP contribution < -0.4 is 15.4 Å². The van der Waals surface area contributed by atoms with Crippen LogP contribution in [0.25, 0.3) is 0 Å². The van der Waals surface area contributed by atoms with Gasteiger partial charge in [0.05, 0.1) is 32.0 Å². The summed E-state index contributed by atoms with van der Waals surface area (Å²) in [6, 6.07) is 31.8. The average molecular weight is 596 g/mol. The van der Waals surface area contributed by atoms with Crippen LogP contribution in [0.1, 0.15) is 35.5 Å². The molecule has 2 fully saturated rings. The van der Waals surface area contributed by atoms with E-state index >= 15 is 0 Å². The predicted octanol–water partition coefficient (Wildman–Crippen LogP) is 6.49. The molecule has 4 aromatic carbocycles. The molecule has 0 saturated carbocycles. The molecule has 0 unspecified atom stereocenters. The number of aliphatic hydroxyl groups excluding tert-OH is 1. The number of nitrogens with one attached hydrogen (secondary N) is 2. The fraction of sp³-hybridized carbons (Fsp3) is 0.286. The molecule has 2 aliphatic rings. The second-order valence-electron chi connectivity index (χ2n) is 10.9. The van der Waals surface area contributed by atoms with Gasteiger partial charge in [-0.15, -0.1) is 0 Å². The van der Waals surface area contributed by atoms with Crippen molar-refractivity contribution in [2.24, 2.45) is 0 Å². The van der Waals surface area contributed by atoms with Crippen LogP contribution in [0.4, 0.5) is 16.2 Å². The second kappa shape index (κ2) is 14.5. The lowest BCUT2D eigenvalue weighted by Crippen LogP contribution is -2.44. The number of benzene rings is 4. The molecule has 2 amide bonds. The maximum Gasteiger partial charge on any atom is 0.323 e. The quantitative estimate of drug-likeness (QED) is 0.203. The number of anilines is 2. The number of aliphatic hydroxyl groups is 1. The maximum absolute atomic E-state index is 12.7. The summed E-state index contributed by atoms with van der Waals surface area (Å²) in [6.45, 7) is 4.03. The van der Waals surface area contributed by atoms with Gasteiger partial charge in [-0.3, -0.25) is 4.90 Å². The molecule has 9 heteroatoms. The van der Waals surface area contributed by atoms with Gasteiger partial charge in [0.25, 0.3) is 0 Å². The molecule has 4 aromatic rings. The van der Waals surface area contributed by atoms with E-state index < -0.39 is 6.29 Å². The number of urea groups is 1. The highest BCUT2D eigenvalue weighted by molar-refractivity contribution is 5.99. The van der Waals surface area contributed by atoms with Crippen molar-refractivity contribution in [3.63, 3.8) is 0 Å². The predicted molar refractivity (Wildman–Crippen MR) is 168 cm³/mol. The molecule has 3 N–H and O–H groups in total. The number of carbonyl (C=O) groups is 1. The Balaban J connectivity index is 1.07. The Morgan fingerprint density at radius 1 is 0.773 bits per heavy atom. The number of nitrogens with zero attached hydrogens (tertiary/aromatic N) is 1. The molecule has 0 spiro atoms. The number of para-hydroxylation sites is 1. The zero-order chi connectivity index (χ0) is 30.1. The van der Waals surface area contributed by atoms with Crippen LogP contribution in [0.2, 0.25) is 0 Å². The van der Waals surface area contributed by atoms with Gasteiger partial charge in [0.1, 0.15) is 11.5 Å². The number of rotatable bonds is 9. The highest BCUT2D eigenvalue weighted by Crippen LogP contribution is 2.38. The van der Waals surface area contributed by atoms with Crippen molar-refractivity contribution in [3.8, 4) is 11.5 Å². The second-order valence-corrected chi connectivity index (χ2v) is 10.9. The van der Waals surface area contributed by atoms with Gasteiger partial charge >= 0.3 is 6.03 Å². The zero-order valence-corrected chi connectivity index (χ0v) is 24.4. The Morgan fingerprint density at radius 2 is 1.39 bits per heavy atom. The summed E-state index contributed by atoms with van der Waals surface area (Å²) in [5.74, 6) is 1.43. The largest absolute Gasteiger partial charge is 0.457 e. The van der Waals surface area contributed by atoms with E-state index in [1.165, 1.54) is 0 Å². The first-order valence-corrected chi connectivity index (χ1v) is 14.9. The van der Waals surface area contributed by atoms with Gasteiger partial charge < -0.3 is 34.7 Å². The van der Waals surface area contributed by atoms with Gasteiger partial charge in [-0.05, 0) is 59.7 Å². The minimum Gasteiger partial charge on any atom is -0.457 e. The van der Waals surface area contributed by atoms with Crippen molar-refractivity contribution in [2.75, 3.05) is 43.5 Å². The normalized spacial score (nSPS) is 20.5. The van der Waals surface area contributed by atoms with E-state index in [4.69, 9.17) is 18.9 Å². The number of morpholine rings is 1. The fourth-order valence-corrected chi connectivity index (χ4v) is 5.35. The summed E-state index contributed by atoms with van der Waals surface area (Å²) < 4.78 is 24.3. The van der Waals surface area contributed by atoms with Crippen molar-refractivity contribution in [1.29, 1.82) is 0 Å². The molecule has 9 nitrogen and oxygen atoms in total. The van der Waals surface area contributed by atoms with Gasteiger partial charge in [-0.1, -0.05) is 54.6 Å². The maximum atomic E-state index is 12.7. The summed E-state index contributed by atoms with van der Waals surface area (Å²) in [7, 11) is 0. The van der Waals surface area contributed by atoms with E-state index in [0.29, 0.717) is 17.1 Å². The topological polar surface area (TPSA) is 102 Å². The van der Waals surface area contributed by atoms with Gasteiger partial charge in [0.2, 0.25) is 0 Å². The Morgan fingerprint density at radius 3 is 2.05 bits per heavy atom. The molecule has 3 atom stereocenters. The molecule has 2 aliphatic heterocycles. The third-order valence-electron chi connectivity index (χ3n) is 7.71. The summed E-state index contributed by atoms with van der Waals surface area (Å²) in [6.07, 6.45) is -0.00859. The number of carbonyl (C=O) groups excluding carboxylic acids is 1. The van der Waals surface area contributed by atoms with Gasteiger partial charge in [0.15, 0.2) is 6.29 Å². The molecule has 0 aromatic heterocycles. The SMILES string of the molecule is O=C(Nc1ccc(Oc2ccccc2)cc1)Nc1ccc([C@H]2O[C@@H](CN3CCOCC3)C[C@@H](c3ccc(CO)cc3)O2)cc1. The molecule has 0 bridgehead atoms. The lowest BCUT2D eigenvalue weighted by molar-refractivity contribution is -0.253. The highest BCUT2D eigenvalue weighted by atomic mass is 16.7. The average Bonchev–Trinajstić information content (AvgIpc) is 3.07.